The molecule has 3 aromatic carbocycles. The Bertz CT molecular complexity index is 1360. The summed E-state index contributed by atoms with van der Waals surface area (Å²) in [6.07, 6.45) is 3.18. The van der Waals surface area contributed by atoms with E-state index in [1.54, 1.807) is 48.0 Å². The molecule has 0 aliphatic carbocycles. The van der Waals surface area contributed by atoms with E-state index in [0.29, 0.717) is 28.5 Å². The van der Waals surface area contributed by atoms with Gasteiger partial charge in [0.1, 0.15) is 12.4 Å². The number of pyridine rings is 1. The van der Waals surface area contributed by atoms with Crippen LogP contribution in [0.1, 0.15) is 15.9 Å². The molecule has 0 saturated heterocycles. The van der Waals surface area contributed by atoms with Crippen LogP contribution < -0.4 is 20.3 Å². The minimum atomic E-state index is -0.621. The summed E-state index contributed by atoms with van der Waals surface area (Å²) in [7, 11) is 1.52. The maximum Gasteiger partial charge on any atom is 0.274 e. The van der Waals surface area contributed by atoms with Crippen LogP contribution in [0.25, 0.3) is 16.8 Å². The van der Waals surface area contributed by atoms with Crippen molar-refractivity contribution in [3.05, 3.63) is 102 Å². The van der Waals surface area contributed by atoms with Gasteiger partial charge in [-0.05, 0) is 41.3 Å². The van der Waals surface area contributed by atoms with Gasteiger partial charge in [0.2, 0.25) is 5.88 Å². The molecule has 1 aromatic heterocycles. The van der Waals surface area contributed by atoms with Crippen molar-refractivity contribution >= 4 is 34.4 Å². The lowest BCUT2D eigenvalue weighted by molar-refractivity contribution is -0.113. The number of hydroxylamine groups is 1. The van der Waals surface area contributed by atoms with E-state index in [1.165, 1.54) is 13.3 Å². The highest BCUT2D eigenvalue weighted by Gasteiger charge is 2.13. The minimum absolute atomic E-state index is 0.00228. The van der Waals surface area contributed by atoms with Crippen molar-refractivity contribution in [3.8, 4) is 11.6 Å². The first-order valence-corrected chi connectivity index (χ1v) is 10.7. The fourth-order valence-corrected chi connectivity index (χ4v) is 3.43. The molecule has 0 bridgehead atoms. The van der Waals surface area contributed by atoms with Gasteiger partial charge in [-0.15, -0.1) is 0 Å². The number of hydrogen-bond donors (Lipinski definition) is 3. The molecule has 0 unspecified atom stereocenters. The number of carbonyl (C=O) groups excluding carboxylic acids is 2. The number of amides is 2. The molecule has 0 saturated carbocycles. The number of anilines is 1. The summed E-state index contributed by atoms with van der Waals surface area (Å²) in [4.78, 5) is 28.9. The van der Waals surface area contributed by atoms with Crippen molar-refractivity contribution in [3.63, 3.8) is 0 Å². The van der Waals surface area contributed by atoms with Gasteiger partial charge in [0, 0.05) is 17.0 Å². The summed E-state index contributed by atoms with van der Waals surface area (Å²) in [5, 5.41) is 13.6. The van der Waals surface area contributed by atoms with Gasteiger partial charge >= 0.3 is 0 Å². The number of aromatic nitrogens is 1. The standard InChI is InChI=1S/C27H23N3O5/c1-34-25-14-13-22(16-28-25)29-26(31)21(15-18-9-11-20(12-10-18)27(32)30-33)17-35-24-8-4-6-19-5-2-3-7-23(19)24/h2-16,33H,17H2,1H3,(H,29,31)(H,30,32). The maximum absolute atomic E-state index is 13.2. The van der Waals surface area contributed by atoms with Crippen LogP contribution in [0.2, 0.25) is 0 Å². The molecule has 0 spiro atoms. The van der Waals surface area contributed by atoms with Crippen LogP contribution in [-0.4, -0.2) is 35.7 Å². The van der Waals surface area contributed by atoms with E-state index in [0.717, 1.165) is 10.8 Å². The lowest BCUT2D eigenvalue weighted by atomic mass is 10.1. The molecule has 8 nitrogen and oxygen atoms in total. The zero-order valence-electron chi connectivity index (χ0n) is 18.9. The summed E-state index contributed by atoms with van der Waals surface area (Å²) < 4.78 is 11.1. The van der Waals surface area contributed by atoms with Gasteiger partial charge in [-0.2, -0.15) is 0 Å². The highest BCUT2D eigenvalue weighted by Crippen LogP contribution is 2.26. The highest BCUT2D eigenvalue weighted by molar-refractivity contribution is 6.07. The monoisotopic (exact) mass is 469 g/mol. The molecule has 3 N–H and O–H groups in total. The zero-order valence-corrected chi connectivity index (χ0v) is 18.9. The number of ether oxygens (including phenoxy) is 2. The predicted molar refractivity (Wildman–Crippen MR) is 133 cm³/mol. The normalized spacial score (nSPS) is 11.1. The Morgan fingerprint density at radius 1 is 0.971 bits per heavy atom. The van der Waals surface area contributed by atoms with Crippen molar-refractivity contribution < 1.29 is 24.3 Å². The Labute approximate surface area is 201 Å². The topological polar surface area (TPSA) is 110 Å². The highest BCUT2D eigenvalue weighted by atomic mass is 16.5. The molecule has 2 amide bonds. The first kappa shape index (κ1) is 23.5. The number of methoxy groups -OCH3 is 1. The number of nitrogens with zero attached hydrogens (tertiary/aromatic N) is 1. The molecule has 0 fully saturated rings. The number of nitrogens with one attached hydrogen (secondary N) is 2. The van der Waals surface area contributed by atoms with Crippen molar-refractivity contribution in [2.24, 2.45) is 0 Å². The molecule has 35 heavy (non-hydrogen) atoms. The van der Waals surface area contributed by atoms with Crippen LogP contribution >= 0.6 is 0 Å². The second-order valence-electron chi connectivity index (χ2n) is 7.54. The summed E-state index contributed by atoms with van der Waals surface area (Å²) >= 11 is 0. The van der Waals surface area contributed by atoms with Gasteiger partial charge in [-0.1, -0.05) is 48.5 Å². The molecule has 4 aromatic rings. The molecule has 8 heteroatoms. The zero-order chi connectivity index (χ0) is 24.6. The van der Waals surface area contributed by atoms with Crippen molar-refractivity contribution in [2.75, 3.05) is 19.0 Å². The second kappa shape index (κ2) is 11.0. The molecule has 0 radical (unpaired) electrons. The van der Waals surface area contributed by atoms with E-state index in [2.05, 4.69) is 10.3 Å². The van der Waals surface area contributed by atoms with E-state index >= 15 is 0 Å². The Morgan fingerprint density at radius 3 is 2.46 bits per heavy atom. The van der Waals surface area contributed by atoms with Gasteiger partial charge in [0.25, 0.3) is 11.8 Å². The number of hydrogen-bond acceptors (Lipinski definition) is 6. The quantitative estimate of drug-likeness (QED) is 0.200. The van der Waals surface area contributed by atoms with Crippen LogP contribution in [0.15, 0.2) is 90.6 Å². The third-order valence-corrected chi connectivity index (χ3v) is 5.24. The molecular weight excluding hydrogens is 446 g/mol. The van der Waals surface area contributed by atoms with Gasteiger partial charge in [0.05, 0.1) is 24.6 Å². The SMILES string of the molecule is COc1ccc(NC(=O)C(=Cc2ccc(C(=O)NO)cc2)COc2cccc3ccccc23)cn1. The van der Waals surface area contributed by atoms with E-state index < -0.39 is 5.91 Å². The van der Waals surface area contributed by atoms with E-state index in [-0.39, 0.29) is 18.1 Å². The smallest absolute Gasteiger partial charge is 0.274 e. The van der Waals surface area contributed by atoms with Crippen LogP contribution in [-0.2, 0) is 4.79 Å². The Balaban J connectivity index is 1.60. The summed E-state index contributed by atoms with van der Waals surface area (Å²) in [5.74, 6) is 0.104. The second-order valence-corrected chi connectivity index (χ2v) is 7.54. The van der Waals surface area contributed by atoms with Gasteiger partial charge < -0.3 is 14.8 Å². The first-order chi connectivity index (χ1) is 17.1. The number of carbonyl (C=O) groups is 2. The summed E-state index contributed by atoms with van der Waals surface area (Å²) in [5.41, 5.74) is 3.42. The molecule has 0 aliphatic heterocycles. The average molecular weight is 469 g/mol. The predicted octanol–water partition coefficient (Wildman–Crippen LogP) is 4.46. The Hall–Kier alpha value is -4.69. The number of rotatable bonds is 8. The van der Waals surface area contributed by atoms with E-state index in [9.17, 15) is 9.59 Å². The lowest BCUT2D eigenvalue weighted by Gasteiger charge is -2.13. The molecule has 4 rings (SSSR count). The largest absolute Gasteiger partial charge is 0.488 e. The van der Waals surface area contributed by atoms with Crippen LogP contribution in [0.4, 0.5) is 5.69 Å². The van der Waals surface area contributed by atoms with Gasteiger partial charge in [0.15, 0.2) is 0 Å². The third-order valence-electron chi connectivity index (χ3n) is 5.24. The summed E-state index contributed by atoms with van der Waals surface area (Å²) in [6.45, 7) is 0.00228. The lowest BCUT2D eigenvalue weighted by Crippen LogP contribution is -2.19. The average Bonchev–Trinajstić information content (AvgIpc) is 2.91. The van der Waals surface area contributed by atoms with Gasteiger partial charge in [-0.3, -0.25) is 14.8 Å². The molecule has 0 atom stereocenters. The Kier molecular flexibility index (Phi) is 7.34. The van der Waals surface area contributed by atoms with Crippen molar-refractivity contribution in [1.29, 1.82) is 0 Å². The third kappa shape index (κ3) is 5.82. The van der Waals surface area contributed by atoms with E-state index in [1.807, 2.05) is 42.5 Å². The number of fused-ring (bicyclic) bond motifs is 1. The van der Waals surface area contributed by atoms with Crippen LogP contribution in [0.5, 0.6) is 11.6 Å². The maximum atomic E-state index is 13.2. The first-order valence-electron chi connectivity index (χ1n) is 10.7. The minimum Gasteiger partial charge on any atom is -0.488 e. The number of benzene rings is 3. The molecule has 0 aliphatic rings. The Morgan fingerprint density at radius 2 is 1.74 bits per heavy atom. The fraction of sp³-hybridized carbons (Fsp3) is 0.0741. The molecular formula is C27H23N3O5. The van der Waals surface area contributed by atoms with Crippen molar-refractivity contribution in [2.45, 2.75) is 0 Å². The molecule has 1 heterocycles. The fourth-order valence-electron chi connectivity index (χ4n) is 3.43. The van der Waals surface area contributed by atoms with Crippen molar-refractivity contribution in [1.82, 2.24) is 10.5 Å². The van der Waals surface area contributed by atoms with Crippen LogP contribution in [0.3, 0.4) is 0 Å². The van der Waals surface area contributed by atoms with E-state index in [4.69, 9.17) is 14.7 Å². The summed E-state index contributed by atoms with van der Waals surface area (Å²) in [6, 6.07) is 23.4. The van der Waals surface area contributed by atoms with Crippen LogP contribution in [0, 0.1) is 0 Å². The molecule has 176 valence electrons. The van der Waals surface area contributed by atoms with Gasteiger partial charge in [-0.25, -0.2) is 10.5 Å².